The van der Waals surface area contributed by atoms with Crippen LogP contribution in [0.4, 0.5) is 5.13 Å². The van der Waals surface area contributed by atoms with E-state index in [1.165, 1.54) is 28.5 Å². The Labute approximate surface area is 160 Å². The van der Waals surface area contributed by atoms with Crippen molar-refractivity contribution in [2.75, 3.05) is 57.4 Å². The van der Waals surface area contributed by atoms with Crippen molar-refractivity contribution in [2.45, 2.75) is 19.3 Å². The lowest BCUT2D eigenvalue weighted by Gasteiger charge is -2.26. The topological polar surface area (TPSA) is 92.1 Å². The van der Waals surface area contributed by atoms with E-state index in [-0.39, 0.29) is 5.56 Å². The number of hydrogen-bond acceptors (Lipinski definition) is 8. The lowest BCUT2D eigenvalue weighted by molar-refractivity contribution is 0.0383. The molecular weight excluding hydrogens is 368 g/mol. The number of hydrogen-bond donors (Lipinski definition) is 1. The summed E-state index contributed by atoms with van der Waals surface area (Å²) in [5.74, 6) is -0.400. The van der Waals surface area contributed by atoms with Crippen molar-refractivity contribution in [3.05, 3.63) is 22.1 Å². The molecule has 4 rings (SSSR count). The second-order valence-corrected chi connectivity index (χ2v) is 7.75. The van der Waals surface area contributed by atoms with Crippen LogP contribution in [0.1, 0.15) is 29.6 Å². The summed E-state index contributed by atoms with van der Waals surface area (Å²) >= 11 is 1.39. The normalized spacial score (nSPS) is 18.7. The van der Waals surface area contributed by atoms with Crippen LogP contribution < -0.4 is 15.8 Å². The molecule has 0 saturated carbocycles. The first-order chi connectivity index (χ1) is 13.2. The molecule has 1 amide bonds. The number of amides is 1. The minimum atomic E-state index is -0.414. The highest BCUT2D eigenvalue weighted by molar-refractivity contribution is 7.20. The lowest BCUT2D eigenvalue weighted by atomic mass is 10.1. The molecule has 0 unspecified atom stereocenters. The van der Waals surface area contributed by atoms with Gasteiger partial charge in [-0.05, 0) is 19.3 Å². The Morgan fingerprint density at radius 3 is 2.74 bits per heavy atom. The van der Waals surface area contributed by atoms with Gasteiger partial charge in [-0.2, -0.15) is 4.52 Å². The predicted octanol–water partition coefficient (Wildman–Crippen LogP) is 0.203. The Morgan fingerprint density at radius 2 is 1.96 bits per heavy atom. The van der Waals surface area contributed by atoms with Gasteiger partial charge in [-0.1, -0.05) is 11.3 Å². The molecule has 0 aromatic carbocycles. The van der Waals surface area contributed by atoms with Crippen LogP contribution in [-0.4, -0.2) is 77.9 Å². The molecule has 27 heavy (non-hydrogen) atoms. The summed E-state index contributed by atoms with van der Waals surface area (Å²) in [5, 5.41) is 8.02. The van der Waals surface area contributed by atoms with Gasteiger partial charge in [0, 0.05) is 45.5 Å². The fraction of sp³-hybridized carbons (Fsp3) is 0.647. The molecule has 2 aliphatic heterocycles. The Kier molecular flexibility index (Phi) is 5.65. The summed E-state index contributed by atoms with van der Waals surface area (Å²) in [6, 6.07) is 0. The minimum Gasteiger partial charge on any atom is -0.379 e. The zero-order valence-corrected chi connectivity index (χ0v) is 16.0. The molecule has 0 radical (unpaired) electrons. The van der Waals surface area contributed by atoms with Crippen LogP contribution in [0.3, 0.4) is 0 Å². The molecule has 0 atom stereocenters. The van der Waals surface area contributed by atoms with Crippen LogP contribution in [-0.2, 0) is 4.74 Å². The molecule has 0 bridgehead atoms. The standard InChI is InChI=1S/C17H24N6O3S/c24-14(18-4-7-21-8-10-26-11-9-21)13-12-19-16-23(15(13)25)20-17(27-16)22-5-2-1-3-6-22/h12H,1-11H2,(H,18,24). The van der Waals surface area contributed by atoms with E-state index in [1.54, 1.807) is 0 Å². The van der Waals surface area contributed by atoms with Gasteiger partial charge in [0.15, 0.2) is 0 Å². The number of nitrogens with zero attached hydrogens (tertiary/aromatic N) is 5. The molecule has 2 aliphatic rings. The van der Waals surface area contributed by atoms with Crippen molar-refractivity contribution in [3.8, 4) is 0 Å². The number of nitrogens with one attached hydrogen (secondary N) is 1. The van der Waals surface area contributed by atoms with Gasteiger partial charge in [-0.3, -0.25) is 14.5 Å². The van der Waals surface area contributed by atoms with E-state index in [0.29, 0.717) is 11.5 Å². The van der Waals surface area contributed by atoms with Crippen LogP contribution in [0, 0.1) is 0 Å². The Bertz CT molecular complexity index is 854. The third-order valence-corrected chi connectivity index (χ3v) is 5.95. The van der Waals surface area contributed by atoms with Crippen LogP contribution in [0.25, 0.3) is 4.96 Å². The van der Waals surface area contributed by atoms with Crippen molar-refractivity contribution in [3.63, 3.8) is 0 Å². The largest absolute Gasteiger partial charge is 0.379 e. The molecule has 0 aliphatic carbocycles. The molecule has 4 heterocycles. The maximum Gasteiger partial charge on any atom is 0.288 e. The molecule has 146 valence electrons. The summed E-state index contributed by atoms with van der Waals surface area (Å²) in [7, 11) is 0. The number of piperidine rings is 1. The summed E-state index contributed by atoms with van der Waals surface area (Å²) in [4.78, 5) is 34.3. The van der Waals surface area contributed by atoms with Gasteiger partial charge in [0.25, 0.3) is 11.5 Å². The fourth-order valence-corrected chi connectivity index (χ4v) is 4.31. The van der Waals surface area contributed by atoms with Crippen LogP contribution in [0.2, 0.25) is 0 Å². The SMILES string of the molecule is O=C(NCCN1CCOCC1)c1cnc2sc(N3CCCCC3)nn2c1=O. The molecule has 2 saturated heterocycles. The van der Waals surface area contributed by atoms with E-state index in [9.17, 15) is 9.59 Å². The van der Waals surface area contributed by atoms with E-state index in [0.717, 1.165) is 63.9 Å². The summed E-state index contributed by atoms with van der Waals surface area (Å²) < 4.78 is 6.56. The quantitative estimate of drug-likeness (QED) is 0.777. The van der Waals surface area contributed by atoms with Crippen molar-refractivity contribution in [1.82, 2.24) is 24.8 Å². The highest BCUT2D eigenvalue weighted by Crippen LogP contribution is 2.24. The Hall–Kier alpha value is -2.04. The molecule has 2 fully saturated rings. The number of rotatable bonds is 5. The molecule has 10 heteroatoms. The van der Waals surface area contributed by atoms with Gasteiger partial charge >= 0.3 is 0 Å². The van der Waals surface area contributed by atoms with Crippen molar-refractivity contribution in [1.29, 1.82) is 0 Å². The summed E-state index contributed by atoms with van der Waals surface area (Å²) in [6.45, 7) is 6.29. The van der Waals surface area contributed by atoms with E-state index in [1.807, 2.05) is 0 Å². The molecule has 9 nitrogen and oxygen atoms in total. The highest BCUT2D eigenvalue weighted by Gasteiger charge is 2.20. The third-order valence-electron chi connectivity index (χ3n) is 4.96. The second kappa shape index (κ2) is 8.32. The maximum absolute atomic E-state index is 12.7. The lowest BCUT2D eigenvalue weighted by Crippen LogP contribution is -2.42. The van der Waals surface area contributed by atoms with Crippen molar-refractivity contribution < 1.29 is 9.53 Å². The minimum absolute atomic E-state index is 0.0324. The van der Waals surface area contributed by atoms with Crippen LogP contribution in [0.15, 0.2) is 11.0 Å². The number of ether oxygens (including phenoxy) is 1. The number of carbonyl (C=O) groups is 1. The summed E-state index contributed by atoms with van der Waals surface area (Å²) in [5.41, 5.74) is -0.381. The first-order valence-corrected chi connectivity index (χ1v) is 10.3. The van der Waals surface area contributed by atoms with Gasteiger partial charge in [-0.25, -0.2) is 4.98 Å². The van der Waals surface area contributed by atoms with E-state index < -0.39 is 11.5 Å². The Balaban J connectivity index is 1.44. The average molecular weight is 392 g/mol. The monoisotopic (exact) mass is 392 g/mol. The highest BCUT2D eigenvalue weighted by atomic mass is 32.1. The molecular formula is C17H24N6O3S. The van der Waals surface area contributed by atoms with Crippen LogP contribution >= 0.6 is 11.3 Å². The number of aromatic nitrogens is 3. The first-order valence-electron chi connectivity index (χ1n) is 9.44. The average Bonchev–Trinajstić information content (AvgIpc) is 3.15. The van der Waals surface area contributed by atoms with Gasteiger partial charge in [0.05, 0.1) is 13.2 Å². The van der Waals surface area contributed by atoms with E-state index in [4.69, 9.17) is 4.74 Å². The van der Waals surface area contributed by atoms with Crippen molar-refractivity contribution in [2.24, 2.45) is 0 Å². The predicted molar refractivity (Wildman–Crippen MR) is 103 cm³/mol. The van der Waals surface area contributed by atoms with Gasteiger partial charge in [-0.15, -0.1) is 5.10 Å². The van der Waals surface area contributed by atoms with Gasteiger partial charge in [0.1, 0.15) is 5.56 Å². The van der Waals surface area contributed by atoms with Crippen molar-refractivity contribution >= 4 is 27.3 Å². The third kappa shape index (κ3) is 4.12. The molecule has 2 aromatic rings. The van der Waals surface area contributed by atoms with Crippen LogP contribution in [0.5, 0.6) is 0 Å². The smallest absolute Gasteiger partial charge is 0.288 e. The fourth-order valence-electron chi connectivity index (χ4n) is 3.39. The van der Waals surface area contributed by atoms with E-state index in [2.05, 4.69) is 25.2 Å². The van der Waals surface area contributed by atoms with Gasteiger partial charge in [0.2, 0.25) is 10.1 Å². The number of morpholine rings is 1. The molecule has 0 spiro atoms. The second-order valence-electron chi connectivity index (χ2n) is 6.81. The number of carbonyl (C=O) groups excluding carboxylic acids is 1. The zero-order valence-electron chi connectivity index (χ0n) is 15.2. The maximum atomic E-state index is 12.7. The first kappa shape index (κ1) is 18.3. The number of fused-ring (bicyclic) bond motifs is 1. The molecule has 1 N–H and O–H groups in total. The van der Waals surface area contributed by atoms with Gasteiger partial charge < -0.3 is 15.0 Å². The molecule has 2 aromatic heterocycles. The zero-order chi connectivity index (χ0) is 18.6. The summed E-state index contributed by atoms with van der Waals surface area (Å²) in [6.07, 6.45) is 4.86. The van der Waals surface area contributed by atoms with E-state index >= 15 is 0 Å². The number of anilines is 1. The Morgan fingerprint density at radius 1 is 1.19 bits per heavy atom.